The highest BCUT2D eigenvalue weighted by Gasteiger charge is 2.26. The summed E-state index contributed by atoms with van der Waals surface area (Å²) in [5.74, 6) is -0.251. The average molecular weight is 608 g/mol. The molecule has 0 aromatic heterocycles. The second-order valence-corrected chi connectivity index (χ2v) is 13.4. The molecule has 0 radical (unpaired) electrons. The van der Waals surface area contributed by atoms with Crippen LogP contribution in [0.3, 0.4) is 0 Å². The summed E-state index contributed by atoms with van der Waals surface area (Å²) < 4.78 is 11.0. The molecule has 9 heteroatoms. The van der Waals surface area contributed by atoms with E-state index in [1.807, 2.05) is 78.8 Å². The van der Waals surface area contributed by atoms with Crippen LogP contribution in [0.25, 0.3) is 11.1 Å². The van der Waals surface area contributed by atoms with Crippen molar-refractivity contribution in [3.63, 3.8) is 0 Å². The first-order valence-corrected chi connectivity index (χ1v) is 15.0. The van der Waals surface area contributed by atoms with Crippen molar-refractivity contribution < 1.29 is 23.9 Å². The fraction of sp³-hybridized carbons (Fsp3) is 0.441. The number of amides is 3. The van der Waals surface area contributed by atoms with Gasteiger partial charge in [-0.3, -0.25) is 4.79 Å². The lowest BCUT2D eigenvalue weighted by atomic mass is 9.95. The molecule has 2 heterocycles. The minimum atomic E-state index is -0.540. The Morgan fingerprint density at radius 2 is 1.28 bits per heavy atom. The molecule has 0 spiro atoms. The third-order valence-corrected chi connectivity index (χ3v) is 7.44. The summed E-state index contributed by atoms with van der Waals surface area (Å²) in [4.78, 5) is 41.2. The zero-order chi connectivity index (χ0) is 31.5. The van der Waals surface area contributed by atoms with Gasteiger partial charge >= 0.3 is 12.2 Å². The lowest BCUT2D eigenvalue weighted by molar-refractivity contribution is 0.0260. The Hall–Kier alpha value is -3.78. The molecule has 1 N–H and O–H groups in total. The van der Waals surface area contributed by atoms with Crippen LogP contribution in [0.1, 0.15) is 81.4 Å². The summed E-state index contributed by atoms with van der Waals surface area (Å²) in [5, 5.41) is 3.46. The number of hydrogen-bond donors (Lipinski definition) is 1. The van der Waals surface area contributed by atoms with Crippen molar-refractivity contribution in [2.45, 2.75) is 72.5 Å². The Kier molecular flexibility index (Phi) is 9.60. The number of hydrogen-bond acceptors (Lipinski definition) is 5. The third-order valence-electron chi connectivity index (χ3n) is 7.13. The molecular formula is C34H42ClN3O5. The smallest absolute Gasteiger partial charge is 0.410 e. The minimum Gasteiger partial charge on any atom is -0.444 e. The van der Waals surface area contributed by atoms with Gasteiger partial charge in [-0.15, -0.1) is 0 Å². The van der Waals surface area contributed by atoms with Crippen LogP contribution in [0.4, 0.5) is 15.3 Å². The van der Waals surface area contributed by atoms with Crippen molar-refractivity contribution in [3.8, 4) is 0 Å². The fourth-order valence-corrected chi connectivity index (χ4v) is 5.34. The Morgan fingerprint density at radius 3 is 1.72 bits per heavy atom. The standard InChI is InChI=1S/C34H42ClN3O5/c1-22-20-26(9-11-27(22)23-12-16-37(17-13-23)31(40)42-33(2,3)4)36-30(39)25-8-10-28(29(35)21-25)24-14-18-38(19-15-24)32(41)43-34(5,6)7/h8-12,14,20-21H,13,15-19H2,1-7H3,(H,36,39). The number of nitrogens with one attached hydrogen (secondary N) is 1. The molecule has 0 fully saturated rings. The minimum absolute atomic E-state index is 0.251. The molecule has 3 amide bonds. The highest BCUT2D eigenvalue weighted by atomic mass is 35.5. The van der Waals surface area contributed by atoms with Gasteiger partial charge in [-0.2, -0.15) is 0 Å². The quantitative estimate of drug-likeness (QED) is 0.381. The first kappa shape index (κ1) is 32.1. The number of rotatable bonds is 4. The molecule has 2 aliphatic rings. The van der Waals surface area contributed by atoms with Gasteiger partial charge in [-0.25, -0.2) is 9.59 Å². The van der Waals surface area contributed by atoms with Crippen molar-refractivity contribution >= 4 is 46.5 Å². The van der Waals surface area contributed by atoms with Crippen LogP contribution in [0.5, 0.6) is 0 Å². The van der Waals surface area contributed by atoms with E-state index in [1.165, 1.54) is 5.57 Å². The van der Waals surface area contributed by atoms with Gasteiger partial charge in [0.05, 0.1) is 0 Å². The Labute approximate surface area is 259 Å². The molecule has 0 saturated heterocycles. The van der Waals surface area contributed by atoms with Crippen molar-refractivity contribution in [1.82, 2.24) is 9.80 Å². The Balaban J connectivity index is 1.37. The lowest BCUT2D eigenvalue weighted by Crippen LogP contribution is -2.39. The van der Waals surface area contributed by atoms with Crippen LogP contribution >= 0.6 is 11.6 Å². The fourth-order valence-electron chi connectivity index (χ4n) is 5.03. The second kappa shape index (κ2) is 12.8. The van der Waals surface area contributed by atoms with Crippen molar-refractivity contribution in [2.24, 2.45) is 0 Å². The second-order valence-electron chi connectivity index (χ2n) is 13.0. The van der Waals surface area contributed by atoms with Crippen LogP contribution in [-0.4, -0.2) is 65.3 Å². The maximum atomic E-state index is 13.1. The predicted octanol–water partition coefficient (Wildman–Crippen LogP) is 7.95. The van der Waals surface area contributed by atoms with E-state index in [1.54, 1.807) is 21.9 Å². The van der Waals surface area contributed by atoms with Crippen molar-refractivity contribution in [3.05, 3.63) is 75.8 Å². The summed E-state index contributed by atoms with van der Waals surface area (Å²) in [6, 6.07) is 11.1. The van der Waals surface area contributed by atoms with Gasteiger partial charge in [0.25, 0.3) is 5.91 Å². The van der Waals surface area contributed by atoms with E-state index in [4.69, 9.17) is 21.1 Å². The Bertz CT molecular complexity index is 1470. The third kappa shape index (κ3) is 8.63. The van der Waals surface area contributed by atoms with E-state index in [0.717, 1.165) is 28.7 Å². The van der Waals surface area contributed by atoms with Gasteiger partial charge in [0.2, 0.25) is 0 Å². The molecule has 230 valence electrons. The summed E-state index contributed by atoms with van der Waals surface area (Å²) in [6.45, 7) is 15.2. The van der Waals surface area contributed by atoms with E-state index in [9.17, 15) is 14.4 Å². The van der Waals surface area contributed by atoms with Gasteiger partial charge < -0.3 is 24.6 Å². The van der Waals surface area contributed by atoms with Crippen LogP contribution in [0, 0.1) is 6.92 Å². The lowest BCUT2D eigenvalue weighted by Gasteiger charge is -2.30. The number of nitrogens with zero attached hydrogens (tertiary/aromatic N) is 2. The summed E-state index contributed by atoms with van der Waals surface area (Å²) >= 11 is 6.62. The topological polar surface area (TPSA) is 88.2 Å². The molecule has 2 aromatic rings. The number of carbonyl (C=O) groups is 3. The first-order valence-electron chi connectivity index (χ1n) is 14.7. The van der Waals surface area contributed by atoms with E-state index >= 15 is 0 Å². The van der Waals surface area contributed by atoms with E-state index in [-0.39, 0.29) is 18.1 Å². The number of halogens is 1. The molecule has 2 aromatic carbocycles. The molecule has 0 atom stereocenters. The zero-order valence-corrected chi connectivity index (χ0v) is 26.9. The van der Waals surface area contributed by atoms with Crippen molar-refractivity contribution in [2.75, 3.05) is 31.5 Å². The molecule has 2 aliphatic heterocycles. The maximum absolute atomic E-state index is 13.1. The molecule has 0 aliphatic carbocycles. The highest BCUT2D eigenvalue weighted by molar-refractivity contribution is 6.32. The molecule has 8 nitrogen and oxygen atoms in total. The molecular weight excluding hydrogens is 566 g/mol. The van der Waals surface area contributed by atoms with Gasteiger partial charge in [0.15, 0.2) is 0 Å². The van der Waals surface area contributed by atoms with E-state index in [2.05, 4.69) is 11.4 Å². The predicted molar refractivity (Wildman–Crippen MR) is 171 cm³/mol. The van der Waals surface area contributed by atoms with E-state index in [0.29, 0.717) is 48.9 Å². The number of ether oxygens (including phenoxy) is 2. The van der Waals surface area contributed by atoms with Crippen LogP contribution in [0.2, 0.25) is 5.02 Å². The molecule has 0 bridgehead atoms. The maximum Gasteiger partial charge on any atom is 0.410 e. The number of benzene rings is 2. The van der Waals surface area contributed by atoms with Crippen molar-refractivity contribution in [1.29, 1.82) is 0 Å². The van der Waals surface area contributed by atoms with Gasteiger partial charge in [-0.05, 0) is 113 Å². The number of carbonyl (C=O) groups excluding carboxylic acids is 3. The molecule has 0 saturated carbocycles. The Morgan fingerprint density at radius 1 is 0.767 bits per heavy atom. The summed E-state index contributed by atoms with van der Waals surface area (Å²) in [7, 11) is 0. The number of anilines is 1. The molecule has 4 rings (SSSR count). The largest absolute Gasteiger partial charge is 0.444 e. The zero-order valence-electron chi connectivity index (χ0n) is 26.2. The van der Waals surface area contributed by atoms with Crippen LogP contribution in [-0.2, 0) is 9.47 Å². The van der Waals surface area contributed by atoms with Gasteiger partial charge in [-0.1, -0.05) is 35.9 Å². The van der Waals surface area contributed by atoms with Crippen LogP contribution < -0.4 is 5.32 Å². The average Bonchev–Trinajstić information content (AvgIpc) is 2.91. The molecule has 0 unspecified atom stereocenters. The monoisotopic (exact) mass is 607 g/mol. The first-order chi connectivity index (χ1) is 20.1. The number of aryl methyl sites for hydroxylation is 1. The van der Waals surface area contributed by atoms with Crippen LogP contribution in [0.15, 0.2) is 48.6 Å². The highest BCUT2D eigenvalue weighted by Crippen LogP contribution is 2.31. The summed E-state index contributed by atoms with van der Waals surface area (Å²) in [5.41, 5.74) is 5.28. The summed E-state index contributed by atoms with van der Waals surface area (Å²) in [6.07, 6.45) is 4.79. The normalized spacial score (nSPS) is 15.8. The van der Waals surface area contributed by atoms with E-state index < -0.39 is 11.2 Å². The van der Waals surface area contributed by atoms with Gasteiger partial charge in [0.1, 0.15) is 11.2 Å². The SMILES string of the molecule is Cc1cc(NC(=O)c2ccc(C3=CCN(C(=O)OC(C)(C)C)CC3)c(Cl)c2)ccc1C1=CCN(C(=O)OC(C)(C)C)CC1. The van der Waals surface area contributed by atoms with Gasteiger partial charge in [0, 0.05) is 42.5 Å². The molecule has 43 heavy (non-hydrogen) atoms.